The molecule has 3 rings (SSSR count). The molecule has 0 radical (unpaired) electrons. The molecule has 1 aromatic heterocycles. The maximum atomic E-state index is 12.4. The largest absolute Gasteiger partial charge is 0.497 e. The van der Waals surface area contributed by atoms with Crippen molar-refractivity contribution in [1.82, 2.24) is 9.78 Å². The van der Waals surface area contributed by atoms with E-state index in [1.807, 2.05) is 30.3 Å². The molecule has 0 amide bonds. The number of benzene rings is 2. The fraction of sp³-hybridized carbons (Fsp3) is 0.238. The highest BCUT2D eigenvalue weighted by molar-refractivity contribution is 6.32. The van der Waals surface area contributed by atoms with Crippen LogP contribution in [0.25, 0.3) is 0 Å². The minimum absolute atomic E-state index is 0.102. The van der Waals surface area contributed by atoms with Gasteiger partial charge in [-0.2, -0.15) is 5.10 Å². The summed E-state index contributed by atoms with van der Waals surface area (Å²) >= 11 is 6.37. The van der Waals surface area contributed by atoms with Crippen molar-refractivity contribution < 1.29 is 19.0 Å². The van der Waals surface area contributed by atoms with Gasteiger partial charge in [0, 0.05) is 0 Å². The lowest BCUT2D eigenvalue weighted by atomic mass is 10.2. The maximum Gasteiger partial charge on any atom is 0.343 e. The van der Waals surface area contributed by atoms with Gasteiger partial charge in [0.05, 0.1) is 19.3 Å². The van der Waals surface area contributed by atoms with Gasteiger partial charge in [-0.1, -0.05) is 41.9 Å². The summed E-state index contributed by atoms with van der Waals surface area (Å²) < 4.78 is 17.5. The fourth-order valence-corrected chi connectivity index (χ4v) is 3.00. The molecule has 2 aromatic carbocycles. The first-order valence-electron chi connectivity index (χ1n) is 8.79. The summed E-state index contributed by atoms with van der Waals surface area (Å²) in [7, 11) is 1.60. The molecule has 0 N–H and O–H groups in total. The van der Waals surface area contributed by atoms with E-state index in [0.717, 1.165) is 11.3 Å². The van der Waals surface area contributed by atoms with Crippen molar-refractivity contribution >= 4 is 17.6 Å². The molecule has 7 heteroatoms. The average Bonchev–Trinajstić information content (AvgIpc) is 2.99. The molecule has 0 unspecified atom stereocenters. The minimum Gasteiger partial charge on any atom is -0.497 e. The van der Waals surface area contributed by atoms with Gasteiger partial charge in [-0.05, 0) is 36.8 Å². The van der Waals surface area contributed by atoms with Crippen LogP contribution in [0.3, 0.4) is 0 Å². The van der Waals surface area contributed by atoms with E-state index < -0.39 is 5.97 Å². The summed E-state index contributed by atoms with van der Waals surface area (Å²) in [4.78, 5) is 12.4. The van der Waals surface area contributed by atoms with Crippen LogP contribution in [0, 0.1) is 6.92 Å². The van der Waals surface area contributed by atoms with Gasteiger partial charge in [-0.25, -0.2) is 9.48 Å². The first-order valence-corrected chi connectivity index (χ1v) is 9.17. The Kier molecular flexibility index (Phi) is 6.55. The number of aromatic nitrogens is 2. The van der Waals surface area contributed by atoms with Crippen LogP contribution in [0.15, 0.2) is 54.6 Å². The lowest BCUT2D eigenvalue weighted by molar-refractivity contribution is 0.0449. The molecule has 3 aromatic rings. The lowest BCUT2D eigenvalue weighted by Gasteiger charge is -2.08. The van der Waals surface area contributed by atoms with Gasteiger partial charge in [-0.15, -0.1) is 0 Å². The summed E-state index contributed by atoms with van der Waals surface area (Å²) in [6.45, 7) is 2.55. The van der Waals surface area contributed by atoms with Gasteiger partial charge in [0.15, 0.2) is 0 Å². The van der Waals surface area contributed by atoms with Gasteiger partial charge in [0.2, 0.25) is 0 Å². The Balaban J connectivity index is 1.55. The van der Waals surface area contributed by atoms with Gasteiger partial charge >= 0.3 is 5.97 Å². The highest BCUT2D eigenvalue weighted by Crippen LogP contribution is 2.22. The van der Waals surface area contributed by atoms with Crippen LogP contribution in [0.4, 0.5) is 0 Å². The van der Waals surface area contributed by atoms with Crippen LogP contribution in [0.1, 0.15) is 21.6 Å². The second kappa shape index (κ2) is 9.28. The summed E-state index contributed by atoms with van der Waals surface area (Å²) in [6, 6.07) is 16.9. The van der Waals surface area contributed by atoms with E-state index in [9.17, 15) is 4.79 Å². The Morgan fingerprint density at radius 2 is 1.71 bits per heavy atom. The fourth-order valence-electron chi connectivity index (χ4n) is 2.68. The molecule has 0 aliphatic carbocycles. The van der Waals surface area contributed by atoms with E-state index in [1.54, 1.807) is 43.0 Å². The summed E-state index contributed by atoms with van der Waals surface area (Å²) in [5.74, 6) is 0.901. The van der Waals surface area contributed by atoms with Gasteiger partial charge < -0.3 is 14.2 Å². The number of carbonyl (C=O) groups excluding carboxylic acids is 1. The topological polar surface area (TPSA) is 62.6 Å². The molecule has 146 valence electrons. The smallest absolute Gasteiger partial charge is 0.343 e. The number of ether oxygens (including phenoxy) is 3. The first-order chi connectivity index (χ1) is 13.6. The zero-order valence-electron chi connectivity index (χ0n) is 15.7. The number of halogens is 1. The van der Waals surface area contributed by atoms with E-state index in [2.05, 4.69) is 5.10 Å². The van der Waals surface area contributed by atoms with Crippen molar-refractivity contribution in [3.8, 4) is 11.5 Å². The number of carbonyl (C=O) groups is 1. The second-order valence-electron chi connectivity index (χ2n) is 6.05. The van der Waals surface area contributed by atoms with E-state index >= 15 is 0 Å². The molecule has 0 saturated heterocycles. The number of aryl methyl sites for hydroxylation is 1. The van der Waals surface area contributed by atoms with Gasteiger partial charge in [-0.3, -0.25) is 0 Å². The normalized spacial score (nSPS) is 10.5. The molecular formula is C21H21ClN2O4. The Bertz CT molecular complexity index is 924. The standard InChI is InChI=1S/C21H21ClN2O4/c1-15-19(20(22)24(23-15)14-16-6-4-3-5-7-16)21(25)28-13-12-27-18-10-8-17(26-2)9-11-18/h3-11H,12-14H2,1-2H3. The Morgan fingerprint density at radius 1 is 1.04 bits per heavy atom. The predicted octanol–water partition coefficient (Wildman–Crippen LogP) is 4.14. The van der Waals surface area contributed by atoms with Crippen molar-refractivity contribution in [3.63, 3.8) is 0 Å². The van der Waals surface area contributed by atoms with E-state index in [4.69, 9.17) is 25.8 Å². The Labute approximate surface area is 168 Å². The third-order valence-electron chi connectivity index (χ3n) is 4.09. The molecule has 0 fully saturated rings. The van der Waals surface area contributed by atoms with Crippen LogP contribution < -0.4 is 9.47 Å². The van der Waals surface area contributed by atoms with Crippen molar-refractivity contribution in [2.24, 2.45) is 0 Å². The van der Waals surface area contributed by atoms with E-state index in [0.29, 0.717) is 18.0 Å². The van der Waals surface area contributed by atoms with E-state index in [-0.39, 0.29) is 23.9 Å². The number of rotatable bonds is 8. The van der Waals surface area contributed by atoms with Crippen LogP contribution >= 0.6 is 11.6 Å². The highest BCUT2D eigenvalue weighted by Gasteiger charge is 2.21. The first kappa shape index (κ1) is 19.8. The molecule has 0 saturated carbocycles. The zero-order chi connectivity index (χ0) is 19.9. The average molecular weight is 401 g/mol. The zero-order valence-corrected chi connectivity index (χ0v) is 16.5. The molecule has 0 bridgehead atoms. The van der Waals surface area contributed by atoms with E-state index in [1.165, 1.54) is 0 Å². The highest BCUT2D eigenvalue weighted by atomic mass is 35.5. The number of nitrogens with zero attached hydrogens (tertiary/aromatic N) is 2. The number of esters is 1. The van der Waals surface area contributed by atoms with Crippen molar-refractivity contribution in [3.05, 3.63) is 76.6 Å². The van der Waals surface area contributed by atoms with Gasteiger partial charge in [0.1, 0.15) is 35.4 Å². The summed E-state index contributed by atoms with van der Waals surface area (Å²) in [5.41, 5.74) is 1.85. The Morgan fingerprint density at radius 3 is 2.39 bits per heavy atom. The van der Waals surface area contributed by atoms with Crippen molar-refractivity contribution in [2.75, 3.05) is 20.3 Å². The second-order valence-corrected chi connectivity index (χ2v) is 6.41. The molecule has 0 spiro atoms. The predicted molar refractivity (Wildman–Crippen MR) is 106 cm³/mol. The number of methoxy groups -OCH3 is 1. The van der Waals surface area contributed by atoms with Crippen LogP contribution in [0.2, 0.25) is 5.15 Å². The molecular weight excluding hydrogens is 380 g/mol. The van der Waals surface area contributed by atoms with Crippen molar-refractivity contribution in [1.29, 1.82) is 0 Å². The molecule has 1 heterocycles. The molecule has 0 atom stereocenters. The minimum atomic E-state index is -0.514. The summed E-state index contributed by atoms with van der Waals surface area (Å²) in [5, 5.41) is 4.63. The quantitative estimate of drug-likeness (QED) is 0.420. The monoisotopic (exact) mass is 400 g/mol. The molecule has 0 aliphatic heterocycles. The molecule has 28 heavy (non-hydrogen) atoms. The summed E-state index contributed by atoms with van der Waals surface area (Å²) in [6.07, 6.45) is 0. The molecule has 6 nitrogen and oxygen atoms in total. The van der Waals surface area contributed by atoms with Gasteiger partial charge in [0.25, 0.3) is 0 Å². The van der Waals surface area contributed by atoms with Crippen molar-refractivity contribution in [2.45, 2.75) is 13.5 Å². The maximum absolute atomic E-state index is 12.4. The van der Waals surface area contributed by atoms with Crippen LogP contribution in [-0.4, -0.2) is 36.1 Å². The molecule has 0 aliphatic rings. The van der Waals surface area contributed by atoms with Crippen LogP contribution in [-0.2, 0) is 11.3 Å². The third-order valence-corrected chi connectivity index (χ3v) is 4.47. The SMILES string of the molecule is COc1ccc(OCCOC(=O)c2c(C)nn(Cc3ccccc3)c2Cl)cc1. The number of hydrogen-bond donors (Lipinski definition) is 0. The number of hydrogen-bond acceptors (Lipinski definition) is 5. The lowest BCUT2D eigenvalue weighted by Crippen LogP contribution is -2.13. The Hall–Kier alpha value is -2.99. The van der Waals surface area contributed by atoms with Crippen LogP contribution in [0.5, 0.6) is 11.5 Å². The third kappa shape index (κ3) is 4.84.